The van der Waals surface area contributed by atoms with E-state index in [1.54, 1.807) is 0 Å². The predicted molar refractivity (Wildman–Crippen MR) is 56.0 cm³/mol. The van der Waals surface area contributed by atoms with Crippen molar-refractivity contribution in [1.82, 2.24) is 0 Å². The lowest BCUT2D eigenvalue weighted by molar-refractivity contribution is 0.752. The van der Waals surface area contributed by atoms with Gasteiger partial charge in [-0.3, -0.25) is 0 Å². The molecule has 0 aromatic heterocycles. The molecule has 1 aromatic rings. The third-order valence-electron chi connectivity index (χ3n) is 2.68. The van der Waals surface area contributed by atoms with Crippen molar-refractivity contribution in [3.8, 4) is 0 Å². The molecule has 0 saturated carbocycles. The summed E-state index contributed by atoms with van der Waals surface area (Å²) in [4.78, 5) is 2.38. The standard InChI is InChI=1S/C11H16N2/c1-9-4-2-3-5-11(9)13-7-6-10(12)8-13/h2-5,10H,6-8,12H2,1H3/t10-/m1/s1. The zero-order chi connectivity index (χ0) is 9.26. The molecule has 1 saturated heterocycles. The van der Waals surface area contributed by atoms with Crippen LogP contribution in [0.25, 0.3) is 0 Å². The van der Waals surface area contributed by atoms with E-state index in [1.807, 2.05) is 0 Å². The molecular formula is C11H16N2. The molecule has 0 aliphatic carbocycles. The van der Waals surface area contributed by atoms with E-state index in [9.17, 15) is 0 Å². The first-order valence-electron chi connectivity index (χ1n) is 4.83. The van der Waals surface area contributed by atoms with E-state index in [0.717, 1.165) is 19.5 Å². The van der Waals surface area contributed by atoms with E-state index in [-0.39, 0.29) is 0 Å². The number of nitrogens with zero attached hydrogens (tertiary/aromatic N) is 1. The van der Waals surface area contributed by atoms with Crippen LogP contribution >= 0.6 is 0 Å². The summed E-state index contributed by atoms with van der Waals surface area (Å²) in [5, 5.41) is 0. The maximum atomic E-state index is 5.87. The predicted octanol–water partition coefficient (Wildman–Crippen LogP) is 1.53. The van der Waals surface area contributed by atoms with Crippen molar-refractivity contribution in [2.24, 2.45) is 5.73 Å². The highest BCUT2D eigenvalue weighted by atomic mass is 15.2. The molecule has 13 heavy (non-hydrogen) atoms. The number of rotatable bonds is 1. The molecule has 0 amide bonds. The quantitative estimate of drug-likeness (QED) is 0.703. The van der Waals surface area contributed by atoms with Gasteiger partial charge in [-0.2, -0.15) is 0 Å². The molecule has 2 rings (SSSR count). The molecule has 1 aromatic carbocycles. The summed E-state index contributed by atoms with van der Waals surface area (Å²) in [6, 6.07) is 8.85. The lowest BCUT2D eigenvalue weighted by atomic mass is 10.2. The van der Waals surface area contributed by atoms with Crippen molar-refractivity contribution in [2.45, 2.75) is 19.4 Å². The second-order valence-electron chi connectivity index (χ2n) is 3.78. The number of nitrogens with two attached hydrogens (primary N) is 1. The molecule has 2 N–H and O–H groups in total. The van der Waals surface area contributed by atoms with Crippen molar-refractivity contribution < 1.29 is 0 Å². The topological polar surface area (TPSA) is 29.3 Å². The molecule has 2 nitrogen and oxygen atoms in total. The molecule has 1 aliphatic rings. The average Bonchev–Trinajstić information content (AvgIpc) is 2.53. The van der Waals surface area contributed by atoms with Crippen LogP contribution in [-0.4, -0.2) is 19.1 Å². The van der Waals surface area contributed by atoms with Crippen LogP contribution in [0.15, 0.2) is 24.3 Å². The first-order chi connectivity index (χ1) is 6.27. The summed E-state index contributed by atoms with van der Waals surface area (Å²) in [6.45, 7) is 4.26. The zero-order valence-corrected chi connectivity index (χ0v) is 8.03. The minimum Gasteiger partial charge on any atom is -0.370 e. The lowest BCUT2D eigenvalue weighted by Crippen LogP contribution is -2.26. The minimum absolute atomic E-state index is 0.361. The Hall–Kier alpha value is -1.02. The molecular weight excluding hydrogens is 160 g/mol. The van der Waals surface area contributed by atoms with Gasteiger partial charge in [-0.05, 0) is 25.0 Å². The molecule has 70 valence electrons. The van der Waals surface area contributed by atoms with Gasteiger partial charge < -0.3 is 10.6 Å². The van der Waals surface area contributed by atoms with Crippen LogP contribution in [0.4, 0.5) is 5.69 Å². The fourth-order valence-electron chi connectivity index (χ4n) is 1.92. The number of hydrogen-bond acceptors (Lipinski definition) is 2. The maximum Gasteiger partial charge on any atom is 0.0396 e. The second kappa shape index (κ2) is 3.38. The van der Waals surface area contributed by atoms with Gasteiger partial charge in [0, 0.05) is 24.8 Å². The van der Waals surface area contributed by atoms with Gasteiger partial charge in [-0.1, -0.05) is 18.2 Å². The van der Waals surface area contributed by atoms with Crippen molar-refractivity contribution in [2.75, 3.05) is 18.0 Å². The fourth-order valence-corrected chi connectivity index (χ4v) is 1.92. The second-order valence-corrected chi connectivity index (χ2v) is 3.78. The molecule has 0 spiro atoms. The van der Waals surface area contributed by atoms with E-state index < -0.39 is 0 Å². The van der Waals surface area contributed by atoms with Crippen molar-refractivity contribution >= 4 is 5.69 Å². The van der Waals surface area contributed by atoms with E-state index in [0.29, 0.717) is 6.04 Å². The molecule has 1 atom stereocenters. The lowest BCUT2D eigenvalue weighted by Gasteiger charge is -2.20. The largest absolute Gasteiger partial charge is 0.370 e. The molecule has 0 unspecified atom stereocenters. The number of anilines is 1. The Bertz CT molecular complexity index is 296. The van der Waals surface area contributed by atoms with E-state index in [2.05, 4.69) is 36.1 Å². The van der Waals surface area contributed by atoms with E-state index in [1.165, 1.54) is 11.3 Å². The summed E-state index contributed by atoms with van der Waals surface area (Å²) >= 11 is 0. The third kappa shape index (κ3) is 1.68. The molecule has 1 heterocycles. The Morgan fingerprint density at radius 3 is 2.77 bits per heavy atom. The van der Waals surface area contributed by atoms with Crippen LogP contribution in [0, 0.1) is 6.92 Å². The summed E-state index contributed by atoms with van der Waals surface area (Å²) in [5.74, 6) is 0. The van der Waals surface area contributed by atoms with Crippen LogP contribution in [0.5, 0.6) is 0 Å². The average molecular weight is 176 g/mol. The van der Waals surface area contributed by atoms with Gasteiger partial charge in [0.1, 0.15) is 0 Å². The third-order valence-corrected chi connectivity index (χ3v) is 2.68. The summed E-state index contributed by atoms with van der Waals surface area (Å²) in [5.41, 5.74) is 8.56. The summed E-state index contributed by atoms with van der Waals surface area (Å²) < 4.78 is 0. The van der Waals surface area contributed by atoms with Gasteiger partial charge in [0.15, 0.2) is 0 Å². The van der Waals surface area contributed by atoms with Crippen LogP contribution in [0.1, 0.15) is 12.0 Å². The normalized spacial score (nSPS) is 22.3. The number of benzene rings is 1. The van der Waals surface area contributed by atoms with Crippen molar-refractivity contribution in [1.29, 1.82) is 0 Å². The van der Waals surface area contributed by atoms with Gasteiger partial charge in [0.25, 0.3) is 0 Å². The Kier molecular flexibility index (Phi) is 2.23. The Labute approximate surface area is 79.4 Å². The highest BCUT2D eigenvalue weighted by molar-refractivity contribution is 5.53. The molecule has 1 fully saturated rings. The monoisotopic (exact) mass is 176 g/mol. The highest BCUT2D eigenvalue weighted by Gasteiger charge is 2.19. The number of aryl methyl sites for hydroxylation is 1. The fraction of sp³-hybridized carbons (Fsp3) is 0.455. The minimum atomic E-state index is 0.361. The maximum absolute atomic E-state index is 5.87. The van der Waals surface area contributed by atoms with Gasteiger partial charge in [0.2, 0.25) is 0 Å². The van der Waals surface area contributed by atoms with Crippen LogP contribution in [0.3, 0.4) is 0 Å². The zero-order valence-electron chi connectivity index (χ0n) is 8.03. The first kappa shape index (κ1) is 8.57. The summed E-state index contributed by atoms with van der Waals surface area (Å²) in [6.07, 6.45) is 1.12. The Balaban J connectivity index is 2.21. The molecule has 1 aliphatic heterocycles. The van der Waals surface area contributed by atoms with Gasteiger partial charge in [-0.15, -0.1) is 0 Å². The highest BCUT2D eigenvalue weighted by Crippen LogP contribution is 2.22. The SMILES string of the molecule is Cc1ccccc1N1CC[C@@H](N)C1. The first-order valence-corrected chi connectivity index (χ1v) is 4.83. The van der Waals surface area contributed by atoms with Crippen LogP contribution in [0.2, 0.25) is 0 Å². The smallest absolute Gasteiger partial charge is 0.0396 e. The Morgan fingerprint density at radius 2 is 2.15 bits per heavy atom. The van der Waals surface area contributed by atoms with Gasteiger partial charge >= 0.3 is 0 Å². The van der Waals surface area contributed by atoms with E-state index >= 15 is 0 Å². The van der Waals surface area contributed by atoms with Crippen LogP contribution in [-0.2, 0) is 0 Å². The van der Waals surface area contributed by atoms with Crippen molar-refractivity contribution in [3.05, 3.63) is 29.8 Å². The van der Waals surface area contributed by atoms with Crippen LogP contribution < -0.4 is 10.6 Å². The van der Waals surface area contributed by atoms with Gasteiger partial charge in [-0.25, -0.2) is 0 Å². The number of hydrogen-bond donors (Lipinski definition) is 1. The summed E-state index contributed by atoms with van der Waals surface area (Å²) in [7, 11) is 0. The molecule has 0 radical (unpaired) electrons. The Morgan fingerprint density at radius 1 is 1.38 bits per heavy atom. The van der Waals surface area contributed by atoms with Gasteiger partial charge in [0.05, 0.1) is 0 Å². The molecule has 0 bridgehead atoms. The molecule has 2 heteroatoms. The van der Waals surface area contributed by atoms with E-state index in [4.69, 9.17) is 5.73 Å². The van der Waals surface area contributed by atoms with Crippen molar-refractivity contribution in [3.63, 3.8) is 0 Å². The number of para-hydroxylation sites is 1.